The van der Waals surface area contributed by atoms with E-state index in [4.69, 9.17) is 0 Å². The van der Waals surface area contributed by atoms with Gasteiger partial charge in [-0.2, -0.15) is 5.57 Å². The first-order valence-electron chi connectivity index (χ1n) is 8.93. The zero-order valence-electron chi connectivity index (χ0n) is 16.9. The fourth-order valence-electron chi connectivity index (χ4n) is 2.64. The molecule has 0 saturated carbocycles. The summed E-state index contributed by atoms with van der Waals surface area (Å²) in [7, 11) is 0. The number of fused-ring (bicyclic) bond motifs is 1. The van der Waals surface area contributed by atoms with Crippen LogP contribution in [0.25, 0.3) is 21.9 Å². The molecule has 0 unspecified atom stereocenters. The smallest absolute Gasteiger partial charge is 0.0623 e. The largest absolute Gasteiger partial charge is 1.00 e. The SMILES string of the molecule is CC1=C(C)C[C-]=C1.C[Si](C)=[Zr+2].[Cl-].[Cl-].c1ccc(-c2c[cH-]c3ccccc23)cc1. The van der Waals surface area contributed by atoms with Crippen LogP contribution in [-0.4, -0.2) is 5.43 Å². The molecule has 3 aromatic carbocycles. The molecule has 0 N–H and O–H groups in total. The summed E-state index contributed by atoms with van der Waals surface area (Å²) in [5, 5.41) is 2.65. The van der Waals surface area contributed by atoms with E-state index in [1.807, 2.05) is 0 Å². The maximum absolute atomic E-state index is 3.12. The predicted octanol–water partition coefficient (Wildman–Crippen LogP) is 1.10. The molecule has 0 aliphatic heterocycles. The van der Waals surface area contributed by atoms with E-state index in [1.165, 1.54) is 33.0 Å². The molecular formula is C24H26Cl2SiZr-2. The van der Waals surface area contributed by atoms with Crippen molar-refractivity contribution in [2.24, 2.45) is 0 Å². The second-order valence-electron chi connectivity index (χ2n) is 6.69. The summed E-state index contributed by atoms with van der Waals surface area (Å²) in [6.07, 6.45) is 6.22. The summed E-state index contributed by atoms with van der Waals surface area (Å²) in [5.74, 6) is 0. The standard InChI is InChI=1S/C15H11.C7H9.C2H6Si.2ClH.Zr/c1-2-6-12(7-3-1)15-11-10-13-8-4-5-9-14(13)15;1-6-4-3-5-7(6)2;1-3-2;;;/h1-11H;4H,5H2,1-2H3;1-2H3;2*1H;/q2*-1;;;;+2/p-2. The van der Waals surface area contributed by atoms with Crippen LogP contribution in [0.15, 0.2) is 84.0 Å². The summed E-state index contributed by atoms with van der Waals surface area (Å²) in [6.45, 7) is 8.88. The summed E-state index contributed by atoms with van der Waals surface area (Å²) in [6, 6.07) is 23.4. The monoisotopic (exact) mass is 502 g/mol. The number of hydrogen-bond donors (Lipinski definition) is 0. The Morgan fingerprint density at radius 2 is 1.50 bits per heavy atom. The van der Waals surface area contributed by atoms with Gasteiger partial charge in [0.25, 0.3) is 0 Å². The Morgan fingerprint density at radius 1 is 0.929 bits per heavy atom. The van der Waals surface area contributed by atoms with Crippen molar-refractivity contribution in [3.63, 3.8) is 0 Å². The van der Waals surface area contributed by atoms with E-state index in [9.17, 15) is 0 Å². The van der Waals surface area contributed by atoms with Crippen LogP contribution >= 0.6 is 0 Å². The van der Waals surface area contributed by atoms with Gasteiger partial charge in [0.1, 0.15) is 0 Å². The van der Waals surface area contributed by atoms with Crippen LogP contribution in [0.4, 0.5) is 0 Å². The van der Waals surface area contributed by atoms with Crippen LogP contribution in [0.3, 0.4) is 0 Å². The van der Waals surface area contributed by atoms with Crippen molar-refractivity contribution < 1.29 is 48.1 Å². The van der Waals surface area contributed by atoms with E-state index >= 15 is 0 Å². The maximum atomic E-state index is 3.12. The number of halogens is 2. The second-order valence-corrected chi connectivity index (χ2v) is 16.1. The first-order chi connectivity index (χ1) is 12.5. The van der Waals surface area contributed by atoms with Gasteiger partial charge >= 0.3 is 41.9 Å². The Morgan fingerprint density at radius 3 is 2.00 bits per heavy atom. The van der Waals surface area contributed by atoms with Gasteiger partial charge in [0, 0.05) is 0 Å². The van der Waals surface area contributed by atoms with Gasteiger partial charge in [-0.25, -0.2) is 11.6 Å². The molecule has 0 bridgehead atoms. The quantitative estimate of drug-likeness (QED) is 0.344. The molecule has 0 atom stereocenters. The average Bonchev–Trinajstić information content (AvgIpc) is 3.22. The Kier molecular flexibility index (Phi) is 13.8. The van der Waals surface area contributed by atoms with Crippen LogP contribution in [0.1, 0.15) is 20.3 Å². The third kappa shape index (κ3) is 8.70. The van der Waals surface area contributed by atoms with Gasteiger partial charge < -0.3 is 24.8 Å². The van der Waals surface area contributed by atoms with E-state index in [0.29, 0.717) is 0 Å². The molecular weight excluding hydrogens is 478 g/mol. The summed E-state index contributed by atoms with van der Waals surface area (Å²) in [4.78, 5) is 0. The topological polar surface area (TPSA) is 0 Å². The van der Waals surface area contributed by atoms with E-state index < -0.39 is 0 Å². The van der Waals surface area contributed by atoms with Crippen LogP contribution in [0, 0.1) is 6.08 Å². The first-order valence-corrected chi connectivity index (χ1v) is 15.1. The average molecular weight is 505 g/mol. The molecule has 0 amide bonds. The van der Waals surface area contributed by atoms with E-state index in [0.717, 1.165) is 6.42 Å². The molecule has 4 rings (SSSR count). The Balaban J connectivity index is 0.000000477. The van der Waals surface area contributed by atoms with Gasteiger partial charge in [-0.3, -0.25) is 6.08 Å². The maximum Gasteiger partial charge on any atom is -0.0623 e. The molecule has 0 aromatic heterocycles. The van der Waals surface area contributed by atoms with Crippen LogP contribution in [0.5, 0.6) is 0 Å². The normalized spacial score (nSPS) is 11.5. The molecule has 1 aliphatic carbocycles. The summed E-state index contributed by atoms with van der Waals surface area (Å²) in [5.41, 5.74) is 5.67. The Hall–Kier alpha value is -0.790. The minimum absolute atomic E-state index is 0. The second kappa shape index (κ2) is 14.2. The molecule has 146 valence electrons. The fraction of sp³-hybridized carbons (Fsp3) is 0.208. The molecule has 4 heteroatoms. The third-order valence-corrected chi connectivity index (χ3v) is 4.12. The number of benzene rings is 2. The van der Waals surface area contributed by atoms with Gasteiger partial charge in [0.15, 0.2) is 0 Å². The van der Waals surface area contributed by atoms with E-state index in [-0.39, 0.29) is 30.2 Å². The first kappa shape index (κ1) is 27.2. The van der Waals surface area contributed by atoms with E-state index in [2.05, 4.69) is 106 Å². The van der Waals surface area contributed by atoms with Crippen LogP contribution in [0.2, 0.25) is 13.1 Å². The molecule has 0 radical (unpaired) electrons. The van der Waals surface area contributed by atoms with Gasteiger partial charge in [0.05, 0.1) is 0 Å². The van der Waals surface area contributed by atoms with Crippen molar-refractivity contribution in [2.45, 2.75) is 33.4 Å². The van der Waals surface area contributed by atoms with Crippen LogP contribution < -0.4 is 24.8 Å². The summed E-state index contributed by atoms with van der Waals surface area (Å²) >= 11 is 1.74. The summed E-state index contributed by atoms with van der Waals surface area (Å²) < 4.78 is 0. The van der Waals surface area contributed by atoms with Gasteiger partial charge in [-0.15, -0.1) is 60.0 Å². The molecule has 0 nitrogen and oxygen atoms in total. The van der Waals surface area contributed by atoms with Gasteiger partial charge in [-0.1, -0.05) is 48.9 Å². The predicted molar refractivity (Wildman–Crippen MR) is 113 cm³/mol. The van der Waals surface area contributed by atoms with E-state index in [1.54, 1.807) is 23.3 Å². The van der Waals surface area contributed by atoms with Crippen molar-refractivity contribution in [1.82, 2.24) is 0 Å². The number of allylic oxidation sites excluding steroid dienone is 4. The van der Waals surface area contributed by atoms with Crippen molar-refractivity contribution >= 4 is 16.2 Å². The Bertz CT molecular complexity index is 920. The molecule has 3 aromatic rings. The number of rotatable bonds is 1. The van der Waals surface area contributed by atoms with Crippen molar-refractivity contribution in [3.05, 3.63) is 90.0 Å². The molecule has 0 fully saturated rings. The third-order valence-electron chi connectivity index (χ3n) is 4.12. The molecule has 0 spiro atoms. The molecule has 28 heavy (non-hydrogen) atoms. The zero-order valence-corrected chi connectivity index (χ0v) is 21.9. The molecule has 1 aliphatic rings. The molecule has 0 heterocycles. The zero-order chi connectivity index (χ0) is 18.9. The Labute approximate surface area is 197 Å². The molecule has 0 saturated heterocycles. The van der Waals surface area contributed by atoms with Crippen molar-refractivity contribution in [1.29, 1.82) is 0 Å². The fourth-order valence-corrected chi connectivity index (χ4v) is 2.64. The van der Waals surface area contributed by atoms with Gasteiger partial charge in [0.2, 0.25) is 0 Å². The van der Waals surface area contributed by atoms with Crippen molar-refractivity contribution in [3.8, 4) is 11.1 Å². The van der Waals surface area contributed by atoms with Gasteiger partial charge in [-0.05, 0) is 0 Å². The minimum Gasteiger partial charge on any atom is -1.00 e. The van der Waals surface area contributed by atoms with Crippen LogP contribution in [-0.2, 0) is 23.3 Å². The van der Waals surface area contributed by atoms with Crippen molar-refractivity contribution in [2.75, 3.05) is 0 Å². The minimum atomic E-state index is 0. The number of hydrogen-bond acceptors (Lipinski definition) is 0.